The van der Waals surface area contributed by atoms with Gasteiger partial charge in [-0.1, -0.05) is 56.2 Å². The minimum Gasteiger partial charge on any atom is -0.423 e. The van der Waals surface area contributed by atoms with Crippen LogP contribution >= 0.6 is 0 Å². The molecule has 0 radical (unpaired) electrons. The van der Waals surface area contributed by atoms with E-state index in [2.05, 4.69) is 6.92 Å². The first-order valence-electron chi connectivity index (χ1n) is 11.4. The van der Waals surface area contributed by atoms with Crippen LogP contribution in [0.15, 0.2) is 66.7 Å². The molecule has 0 aliphatic heterocycles. The molecule has 0 atom stereocenters. The van der Waals surface area contributed by atoms with E-state index < -0.39 is 11.6 Å². The molecular formula is C28H28F2O2. The summed E-state index contributed by atoms with van der Waals surface area (Å²) in [7, 11) is 0. The molecule has 1 aliphatic rings. The molecule has 4 rings (SSSR count). The van der Waals surface area contributed by atoms with Crippen LogP contribution in [0.4, 0.5) is 8.78 Å². The van der Waals surface area contributed by atoms with E-state index in [9.17, 15) is 13.6 Å². The quantitative estimate of drug-likeness (QED) is 0.291. The molecule has 1 saturated carbocycles. The van der Waals surface area contributed by atoms with Crippen LogP contribution in [0, 0.1) is 17.6 Å². The molecule has 0 aromatic heterocycles. The van der Waals surface area contributed by atoms with Crippen molar-refractivity contribution < 1.29 is 18.3 Å². The first-order chi connectivity index (χ1) is 15.5. The number of carbonyl (C=O) groups excluding carboxylic acids is 1. The number of carbonyl (C=O) groups is 1. The van der Waals surface area contributed by atoms with Crippen molar-refractivity contribution >= 4 is 5.97 Å². The molecule has 0 bridgehead atoms. The molecule has 0 heterocycles. The largest absolute Gasteiger partial charge is 0.423 e. The van der Waals surface area contributed by atoms with Gasteiger partial charge in [0.1, 0.15) is 5.75 Å². The lowest BCUT2D eigenvalue weighted by Crippen LogP contribution is -2.17. The van der Waals surface area contributed by atoms with E-state index in [4.69, 9.17) is 4.74 Å². The Balaban J connectivity index is 1.46. The first-order valence-corrected chi connectivity index (χ1v) is 11.4. The normalized spacial score (nSPS) is 18.3. The number of halogens is 2. The highest BCUT2D eigenvalue weighted by Crippen LogP contribution is 2.39. The van der Waals surface area contributed by atoms with Crippen molar-refractivity contribution in [2.45, 2.75) is 51.4 Å². The molecule has 0 amide bonds. The van der Waals surface area contributed by atoms with E-state index >= 15 is 0 Å². The molecular weight excluding hydrogens is 406 g/mol. The minimum atomic E-state index is -0.890. The van der Waals surface area contributed by atoms with Crippen LogP contribution in [-0.2, 0) is 0 Å². The maximum absolute atomic E-state index is 13.5. The standard InChI is InChI=1S/C28H28F2O2/c1-2-5-19-8-10-21(11-9-19)24-6-3-4-7-25(24)28(31)32-23-15-12-20(13-16-23)22-14-17-26(29)27(30)18-22/h3-4,6-7,12-19,21H,2,5,8-11H2,1H3/t19-,21-. The van der Waals surface area contributed by atoms with Crippen LogP contribution in [0.1, 0.15) is 67.3 Å². The minimum absolute atomic E-state index is 0.364. The highest BCUT2D eigenvalue weighted by atomic mass is 19.2. The van der Waals surface area contributed by atoms with Gasteiger partial charge >= 0.3 is 5.97 Å². The van der Waals surface area contributed by atoms with Crippen LogP contribution in [0.2, 0.25) is 0 Å². The molecule has 2 nitrogen and oxygen atoms in total. The van der Waals surface area contributed by atoms with Gasteiger partial charge in [-0.3, -0.25) is 0 Å². The van der Waals surface area contributed by atoms with Gasteiger partial charge in [0.15, 0.2) is 11.6 Å². The predicted molar refractivity (Wildman–Crippen MR) is 123 cm³/mol. The van der Waals surface area contributed by atoms with Crippen LogP contribution in [0.3, 0.4) is 0 Å². The zero-order chi connectivity index (χ0) is 22.5. The second kappa shape index (κ2) is 10.1. The maximum atomic E-state index is 13.5. The van der Waals surface area contributed by atoms with Crippen molar-refractivity contribution in [1.29, 1.82) is 0 Å². The Labute approximate surface area is 188 Å². The Hall–Kier alpha value is -3.01. The second-order valence-corrected chi connectivity index (χ2v) is 8.64. The Morgan fingerprint density at radius 2 is 1.56 bits per heavy atom. The van der Waals surface area contributed by atoms with Gasteiger partial charge in [-0.15, -0.1) is 0 Å². The van der Waals surface area contributed by atoms with Crippen molar-refractivity contribution in [3.8, 4) is 16.9 Å². The van der Waals surface area contributed by atoms with Crippen LogP contribution in [0.5, 0.6) is 5.75 Å². The van der Waals surface area contributed by atoms with Gasteiger partial charge in [0, 0.05) is 0 Å². The molecule has 4 heteroatoms. The molecule has 0 N–H and O–H groups in total. The number of ether oxygens (including phenoxy) is 1. The third-order valence-corrected chi connectivity index (χ3v) is 6.48. The van der Waals surface area contributed by atoms with Crippen LogP contribution in [0.25, 0.3) is 11.1 Å². The average Bonchev–Trinajstić information content (AvgIpc) is 2.82. The van der Waals surface area contributed by atoms with Crippen molar-refractivity contribution in [3.05, 3.63) is 89.5 Å². The summed E-state index contributed by atoms with van der Waals surface area (Å²) < 4.78 is 32.3. The van der Waals surface area contributed by atoms with Gasteiger partial charge in [-0.2, -0.15) is 0 Å². The van der Waals surface area contributed by atoms with Crippen molar-refractivity contribution in [3.63, 3.8) is 0 Å². The fourth-order valence-electron chi connectivity index (χ4n) is 4.76. The molecule has 3 aromatic rings. The SMILES string of the molecule is CCC[C@H]1CC[C@H](c2ccccc2C(=O)Oc2ccc(-c3ccc(F)c(F)c3)cc2)CC1. The van der Waals surface area contributed by atoms with Gasteiger partial charge < -0.3 is 4.74 Å². The number of hydrogen-bond acceptors (Lipinski definition) is 2. The third kappa shape index (κ3) is 5.07. The van der Waals surface area contributed by atoms with E-state index in [1.807, 2.05) is 24.3 Å². The van der Waals surface area contributed by atoms with E-state index in [1.165, 1.54) is 31.7 Å². The summed E-state index contributed by atoms with van der Waals surface area (Å²) in [5, 5.41) is 0. The van der Waals surface area contributed by atoms with Gasteiger partial charge in [-0.05, 0) is 84.5 Å². The zero-order valence-electron chi connectivity index (χ0n) is 18.3. The number of esters is 1. The summed E-state index contributed by atoms with van der Waals surface area (Å²) >= 11 is 0. The summed E-state index contributed by atoms with van der Waals surface area (Å²) in [5.41, 5.74) is 2.97. The fraction of sp³-hybridized carbons (Fsp3) is 0.321. The second-order valence-electron chi connectivity index (χ2n) is 8.64. The summed E-state index contributed by atoms with van der Waals surface area (Å²) in [4.78, 5) is 13.0. The molecule has 0 saturated heterocycles. The highest BCUT2D eigenvalue weighted by molar-refractivity contribution is 5.93. The van der Waals surface area contributed by atoms with Gasteiger partial charge in [0.2, 0.25) is 0 Å². The maximum Gasteiger partial charge on any atom is 0.343 e. The Bertz CT molecular complexity index is 1070. The summed E-state index contributed by atoms with van der Waals surface area (Å²) in [6, 6.07) is 18.3. The topological polar surface area (TPSA) is 26.3 Å². The summed E-state index contributed by atoms with van der Waals surface area (Å²) in [6.45, 7) is 2.24. The first kappa shape index (κ1) is 22.2. The summed E-state index contributed by atoms with van der Waals surface area (Å²) in [5.74, 6) is -0.513. The monoisotopic (exact) mass is 434 g/mol. The number of benzene rings is 3. The number of rotatable bonds is 6. The fourth-order valence-corrected chi connectivity index (χ4v) is 4.76. The van der Waals surface area contributed by atoms with Crippen LogP contribution < -0.4 is 4.74 Å². The molecule has 166 valence electrons. The Morgan fingerprint density at radius 3 is 2.25 bits per heavy atom. The molecule has 3 aromatic carbocycles. The van der Waals surface area contributed by atoms with E-state index in [1.54, 1.807) is 24.3 Å². The molecule has 32 heavy (non-hydrogen) atoms. The third-order valence-electron chi connectivity index (χ3n) is 6.48. The molecule has 0 spiro atoms. The molecule has 1 fully saturated rings. The lowest BCUT2D eigenvalue weighted by Gasteiger charge is -2.29. The van der Waals surface area contributed by atoms with Crippen molar-refractivity contribution in [2.75, 3.05) is 0 Å². The van der Waals surface area contributed by atoms with Crippen LogP contribution in [-0.4, -0.2) is 5.97 Å². The Morgan fingerprint density at radius 1 is 0.875 bits per heavy atom. The van der Waals surface area contributed by atoms with Crippen molar-refractivity contribution in [2.24, 2.45) is 5.92 Å². The lowest BCUT2D eigenvalue weighted by atomic mass is 9.76. The van der Waals surface area contributed by atoms with E-state index in [-0.39, 0.29) is 5.97 Å². The van der Waals surface area contributed by atoms with Gasteiger partial charge in [0.25, 0.3) is 0 Å². The molecule has 1 aliphatic carbocycles. The predicted octanol–water partition coefficient (Wildman–Crippen LogP) is 7.92. The van der Waals surface area contributed by atoms with Gasteiger partial charge in [0.05, 0.1) is 5.56 Å². The highest BCUT2D eigenvalue weighted by Gasteiger charge is 2.25. The number of hydrogen-bond donors (Lipinski definition) is 0. The Kier molecular flexibility index (Phi) is 6.99. The average molecular weight is 435 g/mol. The lowest BCUT2D eigenvalue weighted by molar-refractivity contribution is 0.0732. The van der Waals surface area contributed by atoms with E-state index in [0.29, 0.717) is 28.4 Å². The molecule has 0 unspecified atom stereocenters. The zero-order valence-corrected chi connectivity index (χ0v) is 18.3. The van der Waals surface area contributed by atoms with Gasteiger partial charge in [-0.25, -0.2) is 13.6 Å². The smallest absolute Gasteiger partial charge is 0.343 e. The van der Waals surface area contributed by atoms with E-state index in [0.717, 1.165) is 36.5 Å². The summed E-state index contributed by atoms with van der Waals surface area (Å²) in [6.07, 6.45) is 7.17. The van der Waals surface area contributed by atoms with Crippen molar-refractivity contribution in [1.82, 2.24) is 0 Å².